The van der Waals surface area contributed by atoms with Gasteiger partial charge in [0.05, 0.1) is 29.2 Å². The van der Waals surface area contributed by atoms with Gasteiger partial charge in [0.2, 0.25) is 0 Å². The standard InChI is InChI=1S/C13H12Cl2N2O/c1-18-9-3-5-12(11(16)7-9)17-13-6-8(14)2-4-10(13)15/h2-7,17H,16H2,1H3. The van der Waals surface area contributed by atoms with Crippen molar-refractivity contribution in [2.45, 2.75) is 0 Å². The van der Waals surface area contributed by atoms with E-state index in [2.05, 4.69) is 5.32 Å². The van der Waals surface area contributed by atoms with Crippen molar-refractivity contribution < 1.29 is 4.74 Å². The van der Waals surface area contributed by atoms with Gasteiger partial charge >= 0.3 is 0 Å². The first-order valence-corrected chi connectivity index (χ1v) is 6.01. The second kappa shape index (κ2) is 5.38. The predicted octanol–water partition coefficient (Wildman–Crippen LogP) is 4.33. The summed E-state index contributed by atoms with van der Waals surface area (Å²) in [6.45, 7) is 0. The molecule has 0 aliphatic rings. The number of benzene rings is 2. The summed E-state index contributed by atoms with van der Waals surface area (Å²) < 4.78 is 5.09. The first kappa shape index (κ1) is 12.9. The van der Waals surface area contributed by atoms with Gasteiger partial charge in [-0.15, -0.1) is 0 Å². The first-order valence-electron chi connectivity index (χ1n) is 5.26. The van der Waals surface area contributed by atoms with Gasteiger partial charge in [-0.05, 0) is 30.3 Å². The molecule has 0 bridgehead atoms. The lowest BCUT2D eigenvalue weighted by atomic mass is 10.2. The van der Waals surface area contributed by atoms with Gasteiger partial charge in [0, 0.05) is 11.1 Å². The molecule has 0 spiro atoms. The third-order valence-corrected chi connectivity index (χ3v) is 3.02. The van der Waals surface area contributed by atoms with Crippen LogP contribution in [0.25, 0.3) is 0 Å². The summed E-state index contributed by atoms with van der Waals surface area (Å²) >= 11 is 12.0. The maximum absolute atomic E-state index is 6.07. The largest absolute Gasteiger partial charge is 0.497 e. The summed E-state index contributed by atoms with van der Waals surface area (Å²) in [5.41, 5.74) is 7.95. The highest BCUT2D eigenvalue weighted by atomic mass is 35.5. The Kier molecular flexibility index (Phi) is 3.84. The molecule has 0 amide bonds. The molecule has 0 saturated carbocycles. The van der Waals surface area contributed by atoms with Crippen LogP contribution in [0.2, 0.25) is 10.0 Å². The molecule has 0 fully saturated rings. The summed E-state index contributed by atoms with van der Waals surface area (Å²) in [5, 5.41) is 4.32. The minimum Gasteiger partial charge on any atom is -0.497 e. The maximum atomic E-state index is 6.07. The number of anilines is 3. The van der Waals surface area contributed by atoms with Gasteiger partial charge in [0.15, 0.2) is 0 Å². The van der Waals surface area contributed by atoms with Crippen LogP contribution >= 0.6 is 23.2 Å². The zero-order valence-corrected chi connectivity index (χ0v) is 11.2. The Hall–Kier alpha value is -1.58. The van der Waals surface area contributed by atoms with Crippen molar-refractivity contribution in [1.29, 1.82) is 0 Å². The number of hydrogen-bond donors (Lipinski definition) is 2. The Morgan fingerprint density at radius 2 is 1.83 bits per heavy atom. The molecule has 2 aromatic carbocycles. The highest BCUT2D eigenvalue weighted by Crippen LogP contribution is 2.32. The fourth-order valence-electron chi connectivity index (χ4n) is 1.52. The van der Waals surface area contributed by atoms with E-state index in [1.807, 2.05) is 12.1 Å². The van der Waals surface area contributed by atoms with Gasteiger partial charge in [0.25, 0.3) is 0 Å². The van der Waals surface area contributed by atoms with Crippen LogP contribution in [0.1, 0.15) is 0 Å². The molecule has 5 heteroatoms. The lowest BCUT2D eigenvalue weighted by molar-refractivity contribution is 0.415. The van der Waals surface area contributed by atoms with Gasteiger partial charge in [-0.2, -0.15) is 0 Å². The van der Waals surface area contributed by atoms with Crippen molar-refractivity contribution in [2.24, 2.45) is 0 Å². The topological polar surface area (TPSA) is 47.3 Å². The average Bonchev–Trinajstić information content (AvgIpc) is 2.36. The Labute approximate surface area is 115 Å². The van der Waals surface area contributed by atoms with Crippen molar-refractivity contribution in [2.75, 3.05) is 18.2 Å². The van der Waals surface area contributed by atoms with E-state index in [1.165, 1.54) is 0 Å². The molecule has 2 aromatic rings. The molecule has 0 unspecified atom stereocenters. The number of nitrogen functional groups attached to an aromatic ring is 1. The van der Waals surface area contributed by atoms with Crippen LogP contribution in [0.4, 0.5) is 17.1 Å². The minimum atomic E-state index is 0.574. The normalized spacial score (nSPS) is 10.2. The van der Waals surface area contributed by atoms with E-state index in [9.17, 15) is 0 Å². The quantitative estimate of drug-likeness (QED) is 0.824. The van der Waals surface area contributed by atoms with E-state index in [1.54, 1.807) is 31.4 Å². The molecular weight excluding hydrogens is 271 g/mol. The Morgan fingerprint density at radius 1 is 1.06 bits per heavy atom. The van der Waals surface area contributed by atoms with Gasteiger partial charge in [0.1, 0.15) is 5.75 Å². The average molecular weight is 283 g/mol. The van der Waals surface area contributed by atoms with Gasteiger partial charge in [-0.25, -0.2) is 0 Å². The van der Waals surface area contributed by atoms with Crippen LogP contribution in [-0.4, -0.2) is 7.11 Å². The van der Waals surface area contributed by atoms with Gasteiger partial charge in [-0.1, -0.05) is 23.2 Å². The van der Waals surface area contributed by atoms with Crippen molar-refractivity contribution in [3.8, 4) is 5.75 Å². The van der Waals surface area contributed by atoms with Crippen molar-refractivity contribution >= 4 is 40.3 Å². The van der Waals surface area contributed by atoms with Crippen molar-refractivity contribution in [3.05, 3.63) is 46.4 Å². The van der Waals surface area contributed by atoms with E-state index in [0.29, 0.717) is 27.2 Å². The predicted molar refractivity (Wildman–Crippen MR) is 77.2 cm³/mol. The van der Waals surface area contributed by atoms with Crippen LogP contribution < -0.4 is 15.8 Å². The highest BCUT2D eigenvalue weighted by Gasteiger charge is 2.05. The molecule has 3 nitrogen and oxygen atoms in total. The third-order valence-electron chi connectivity index (χ3n) is 2.46. The van der Waals surface area contributed by atoms with Crippen LogP contribution in [0.3, 0.4) is 0 Å². The van der Waals surface area contributed by atoms with Gasteiger partial charge in [-0.3, -0.25) is 0 Å². The smallest absolute Gasteiger partial charge is 0.121 e. The van der Waals surface area contributed by atoms with Crippen LogP contribution in [0.15, 0.2) is 36.4 Å². The van der Waals surface area contributed by atoms with Crippen LogP contribution in [-0.2, 0) is 0 Å². The zero-order chi connectivity index (χ0) is 13.1. The summed E-state index contributed by atoms with van der Waals surface area (Å²) in [6, 6.07) is 10.6. The monoisotopic (exact) mass is 282 g/mol. The third kappa shape index (κ3) is 2.81. The second-order valence-electron chi connectivity index (χ2n) is 3.70. The molecule has 0 aliphatic heterocycles. The number of rotatable bonds is 3. The molecule has 0 aromatic heterocycles. The SMILES string of the molecule is COc1ccc(Nc2cc(Cl)ccc2Cl)c(N)c1. The molecule has 94 valence electrons. The number of nitrogens with two attached hydrogens (primary N) is 1. The number of methoxy groups -OCH3 is 1. The molecule has 0 saturated heterocycles. The number of nitrogens with one attached hydrogen (secondary N) is 1. The summed E-state index contributed by atoms with van der Waals surface area (Å²) in [4.78, 5) is 0. The van der Waals surface area contributed by atoms with Gasteiger partial charge < -0.3 is 15.8 Å². The molecule has 0 atom stereocenters. The zero-order valence-electron chi connectivity index (χ0n) is 9.71. The van der Waals surface area contributed by atoms with E-state index in [4.69, 9.17) is 33.7 Å². The van der Waals surface area contributed by atoms with Crippen LogP contribution in [0, 0.1) is 0 Å². The maximum Gasteiger partial charge on any atom is 0.121 e. The summed E-state index contributed by atoms with van der Waals surface area (Å²) in [6.07, 6.45) is 0. The minimum absolute atomic E-state index is 0.574. The molecular formula is C13H12Cl2N2O. The number of hydrogen-bond acceptors (Lipinski definition) is 3. The van der Waals surface area contributed by atoms with E-state index in [0.717, 1.165) is 5.69 Å². The molecule has 0 heterocycles. The van der Waals surface area contributed by atoms with E-state index in [-0.39, 0.29) is 0 Å². The van der Waals surface area contributed by atoms with Crippen molar-refractivity contribution in [1.82, 2.24) is 0 Å². The second-order valence-corrected chi connectivity index (χ2v) is 4.55. The first-order chi connectivity index (χ1) is 8.60. The van der Waals surface area contributed by atoms with E-state index >= 15 is 0 Å². The lowest BCUT2D eigenvalue weighted by Crippen LogP contribution is -1.97. The molecule has 0 radical (unpaired) electrons. The molecule has 2 rings (SSSR count). The Balaban J connectivity index is 2.31. The van der Waals surface area contributed by atoms with Crippen LogP contribution in [0.5, 0.6) is 5.75 Å². The molecule has 3 N–H and O–H groups in total. The van der Waals surface area contributed by atoms with E-state index < -0.39 is 0 Å². The Bertz CT molecular complexity index is 573. The number of ether oxygens (including phenoxy) is 1. The Morgan fingerprint density at radius 3 is 2.50 bits per heavy atom. The summed E-state index contributed by atoms with van der Waals surface area (Å²) in [7, 11) is 1.59. The number of halogens is 2. The fourth-order valence-corrected chi connectivity index (χ4v) is 1.86. The molecule has 0 aliphatic carbocycles. The summed E-state index contributed by atoms with van der Waals surface area (Å²) in [5.74, 6) is 0.704. The lowest BCUT2D eigenvalue weighted by Gasteiger charge is -2.12. The molecule has 18 heavy (non-hydrogen) atoms. The highest BCUT2D eigenvalue weighted by molar-refractivity contribution is 6.35. The fraction of sp³-hybridized carbons (Fsp3) is 0.0769. The van der Waals surface area contributed by atoms with Crippen molar-refractivity contribution in [3.63, 3.8) is 0 Å².